The molecule has 0 unspecified atom stereocenters. The Bertz CT molecular complexity index is 1880. The maximum absolute atomic E-state index is 14.4. The Balaban J connectivity index is 2.00. The van der Waals surface area contributed by atoms with Gasteiger partial charge < -0.3 is 25.4 Å². The van der Waals surface area contributed by atoms with Crippen LogP contribution in [-0.4, -0.2) is 106 Å². The third kappa shape index (κ3) is 15.7. The van der Waals surface area contributed by atoms with E-state index in [-0.39, 0.29) is 50.9 Å². The van der Waals surface area contributed by atoms with Crippen LogP contribution < -0.4 is 16.0 Å². The number of hydrogen-bond donors (Lipinski definition) is 3. The molecule has 2 aromatic carbocycles. The lowest BCUT2D eigenvalue weighted by atomic mass is 9.99. The van der Waals surface area contributed by atoms with E-state index in [0.29, 0.717) is 25.3 Å². The summed E-state index contributed by atoms with van der Waals surface area (Å²) in [4.78, 5) is 39.7. The van der Waals surface area contributed by atoms with Crippen LogP contribution in [0.5, 0.6) is 0 Å². The normalized spacial score (nSPS) is 16.0. The molecular weight excluding hydrogens is 816 g/mol. The van der Waals surface area contributed by atoms with Crippen molar-refractivity contribution in [3.63, 3.8) is 0 Å². The van der Waals surface area contributed by atoms with Crippen LogP contribution in [0.3, 0.4) is 0 Å². The van der Waals surface area contributed by atoms with E-state index in [1.54, 1.807) is 26.0 Å². The summed E-state index contributed by atoms with van der Waals surface area (Å²) in [7, 11) is -7.67. The van der Waals surface area contributed by atoms with Gasteiger partial charge in [-0.3, -0.25) is 4.79 Å². The summed E-state index contributed by atoms with van der Waals surface area (Å²) in [5, 5.41) is 6.65. The number of alkyl halides is 3. The van der Waals surface area contributed by atoms with E-state index in [1.165, 1.54) is 4.31 Å². The van der Waals surface area contributed by atoms with E-state index in [0.717, 1.165) is 29.5 Å². The summed E-state index contributed by atoms with van der Waals surface area (Å²) in [6.45, 7) is 5.06. The topological polar surface area (TPSA) is 177 Å². The van der Waals surface area contributed by atoms with Crippen molar-refractivity contribution in [1.29, 1.82) is 0 Å². The molecule has 13 nitrogen and oxygen atoms in total. The van der Waals surface area contributed by atoms with E-state index in [2.05, 4.69) is 16.0 Å². The number of sulfone groups is 1. The summed E-state index contributed by atoms with van der Waals surface area (Å²) in [6.07, 6.45) is -6.69. The Kier molecular flexibility index (Phi) is 18.3. The highest BCUT2D eigenvalue weighted by atomic mass is 32.2. The summed E-state index contributed by atoms with van der Waals surface area (Å²) in [5.74, 6) is -6.92. The fraction of sp³-hybridized carbons (Fsp3) is 0.605. The molecule has 0 saturated carbocycles. The molecule has 20 heteroatoms. The number of amides is 2. The zero-order chi connectivity index (χ0) is 43.3. The number of carbonyl (C=O) groups is 3. The molecule has 1 saturated heterocycles. The average Bonchev–Trinajstić information content (AvgIpc) is 3.12. The Morgan fingerprint density at radius 3 is 2.03 bits per heavy atom. The highest BCUT2D eigenvalue weighted by Gasteiger charge is 2.44. The number of nitrogens with one attached hydrogen (secondary N) is 3. The first kappa shape index (κ1) is 48.5. The van der Waals surface area contributed by atoms with Gasteiger partial charge >= 0.3 is 18.2 Å². The van der Waals surface area contributed by atoms with Crippen LogP contribution in [0, 0.1) is 11.6 Å². The third-order valence-electron chi connectivity index (χ3n) is 9.60. The molecule has 0 spiro atoms. The van der Waals surface area contributed by atoms with Crippen molar-refractivity contribution in [2.75, 3.05) is 31.6 Å². The molecule has 1 aliphatic heterocycles. The van der Waals surface area contributed by atoms with Crippen LogP contribution in [0.15, 0.2) is 42.5 Å². The number of hydrogen-bond acceptors (Lipinski definition) is 10. The lowest BCUT2D eigenvalue weighted by molar-refractivity contribution is -0.206. The van der Waals surface area contributed by atoms with Gasteiger partial charge in [-0.2, -0.15) is 13.2 Å². The van der Waals surface area contributed by atoms with Gasteiger partial charge in [-0.1, -0.05) is 57.9 Å². The summed E-state index contributed by atoms with van der Waals surface area (Å²) < 4.78 is 133. The molecule has 0 radical (unpaired) electrons. The molecule has 326 valence electrons. The molecule has 1 fully saturated rings. The van der Waals surface area contributed by atoms with E-state index in [9.17, 15) is 53.2 Å². The molecule has 0 aromatic heterocycles. The minimum atomic E-state index is -5.49. The van der Waals surface area contributed by atoms with Gasteiger partial charge in [0.2, 0.25) is 15.9 Å². The predicted molar refractivity (Wildman–Crippen MR) is 206 cm³/mol. The molecule has 1 aliphatic rings. The average molecular weight is 869 g/mol. The number of sulfonamides is 1. The largest absolute Gasteiger partial charge is 0.490 e. The number of ether oxygens (including phenoxy) is 2. The van der Waals surface area contributed by atoms with Crippen molar-refractivity contribution in [2.24, 2.45) is 0 Å². The maximum atomic E-state index is 14.4. The summed E-state index contributed by atoms with van der Waals surface area (Å²) in [6, 6.07) is 5.91. The number of carbonyl (C=O) groups excluding carboxylic acids is 3. The smallest absolute Gasteiger partial charge is 0.452 e. The van der Waals surface area contributed by atoms with Crippen LogP contribution in [0.2, 0.25) is 0 Å². The van der Waals surface area contributed by atoms with Gasteiger partial charge in [0.05, 0.1) is 23.3 Å². The highest BCUT2D eigenvalue weighted by molar-refractivity contribution is 7.92. The first-order valence-corrected chi connectivity index (χ1v) is 22.7. The van der Waals surface area contributed by atoms with E-state index < -0.39 is 104 Å². The first-order valence-electron chi connectivity index (χ1n) is 19.1. The zero-order valence-corrected chi connectivity index (χ0v) is 34.6. The Hall–Kier alpha value is -3.88. The van der Waals surface area contributed by atoms with Gasteiger partial charge in [0.15, 0.2) is 9.84 Å². The Labute approximate surface area is 336 Å². The second-order valence-electron chi connectivity index (χ2n) is 14.3. The molecule has 1 heterocycles. The number of alkyl carbamates (subject to hydrolysis) is 1. The first-order chi connectivity index (χ1) is 27.1. The molecule has 0 aliphatic carbocycles. The predicted octanol–water partition coefficient (Wildman–Crippen LogP) is 4.72. The number of rotatable bonds is 21. The van der Waals surface area contributed by atoms with Crippen LogP contribution in [0.1, 0.15) is 76.0 Å². The molecule has 3 atom stereocenters. The lowest BCUT2D eigenvalue weighted by Gasteiger charge is -2.32. The number of benzene rings is 2. The molecular formula is C38H53F5N4O9S2. The Morgan fingerprint density at radius 2 is 1.48 bits per heavy atom. The van der Waals surface area contributed by atoms with Gasteiger partial charge in [-0.05, 0) is 67.3 Å². The monoisotopic (exact) mass is 868 g/mol. The van der Waals surface area contributed by atoms with E-state index in [4.69, 9.17) is 9.47 Å². The number of nitrogens with zero attached hydrogens (tertiary/aromatic N) is 1. The second-order valence-corrected chi connectivity index (χ2v) is 18.6. The highest BCUT2D eigenvalue weighted by Crippen LogP contribution is 2.22. The van der Waals surface area contributed by atoms with Crippen molar-refractivity contribution >= 4 is 37.8 Å². The molecule has 58 heavy (non-hydrogen) atoms. The SMILES string of the molecule is CCCC(CCC)S(=O)(=O)C[C@@H](NC(=O)OC1CCN(S(C)(=O)=O)CC1)C(=O)N[C@@H](Cc1cc(F)cc(F)c1)[C@@H](CNCc1cccc(CC)c1)OC(=O)C(F)(F)F. The standard InChI is InChI=1S/C38H53F5N4O9S2/c1-5-9-31(10-6-2)58(53,54)24-33(46-37(50)55-30-13-15-47(16-14-30)57(4,51)52)35(48)45-32(20-27-18-28(39)21-29(40)19-27)34(56-36(49)38(41,42)43)23-44-22-26-12-8-11-25(7-3)17-26/h8,11-12,17-19,21,30-34,44H,5-7,9-10,13-16,20,22-24H2,1-4H3,(H,45,48)(H,46,50)/t32-,33+,34+/m0/s1. The van der Waals surface area contributed by atoms with Gasteiger partial charge in [0, 0.05) is 32.2 Å². The summed E-state index contributed by atoms with van der Waals surface area (Å²) >= 11 is 0. The molecule has 3 rings (SSSR count). The van der Waals surface area contributed by atoms with Crippen LogP contribution in [-0.2, 0) is 58.3 Å². The van der Waals surface area contributed by atoms with E-state index >= 15 is 0 Å². The Morgan fingerprint density at radius 1 is 0.879 bits per heavy atom. The zero-order valence-electron chi connectivity index (χ0n) is 32.9. The maximum Gasteiger partial charge on any atom is 0.490 e. The van der Waals surface area contributed by atoms with Gasteiger partial charge in [-0.25, -0.2) is 39.5 Å². The van der Waals surface area contributed by atoms with Crippen molar-refractivity contribution in [1.82, 2.24) is 20.3 Å². The van der Waals surface area contributed by atoms with Crippen molar-refractivity contribution < 1.29 is 62.6 Å². The van der Waals surface area contributed by atoms with Crippen LogP contribution >= 0.6 is 0 Å². The number of esters is 1. The molecule has 0 bridgehead atoms. The van der Waals surface area contributed by atoms with Crippen molar-refractivity contribution in [3.8, 4) is 0 Å². The lowest BCUT2D eigenvalue weighted by Crippen LogP contribution is -2.58. The van der Waals surface area contributed by atoms with Crippen molar-refractivity contribution in [2.45, 2.75) is 114 Å². The third-order valence-corrected chi connectivity index (χ3v) is 13.2. The quantitative estimate of drug-likeness (QED) is 0.118. The van der Waals surface area contributed by atoms with Crippen molar-refractivity contribution in [3.05, 3.63) is 70.8 Å². The fourth-order valence-corrected chi connectivity index (χ4v) is 9.67. The number of halogens is 5. The minimum absolute atomic E-state index is 0.0310. The molecule has 3 N–H and O–H groups in total. The van der Waals surface area contributed by atoms with Crippen LogP contribution in [0.25, 0.3) is 0 Å². The second kappa shape index (κ2) is 21.9. The number of aryl methyl sites for hydroxylation is 1. The van der Waals surface area contributed by atoms with Gasteiger partial charge in [0.1, 0.15) is 29.9 Å². The molecule has 2 aromatic rings. The van der Waals surface area contributed by atoms with Crippen LogP contribution in [0.4, 0.5) is 26.7 Å². The van der Waals surface area contributed by atoms with Gasteiger partial charge in [-0.15, -0.1) is 0 Å². The van der Waals surface area contributed by atoms with E-state index in [1.807, 2.05) is 19.1 Å². The number of piperidine rings is 1. The van der Waals surface area contributed by atoms with Gasteiger partial charge in [0.25, 0.3) is 0 Å². The minimum Gasteiger partial charge on any atom is -0.452 e. The summed E-state index contributed by atoms with van der Waals surface area (Å²) in [5.41, 5.74) is 1.52. The fourth-order valence-electron chi connectivity index (χ4n) is 6.64. The molecule has 2 amide bonds.